The van der Waals surface area contributed by atoms with Crippen LogP contribution in [0, 0.1) is 11.6 Å². The molecule has 1 fully saturated rings. The average Bonchev–Trinajstić information content (AvgIpc) is 2.61. The molecule has 0 amide bonds. The number of hydrogen-bond acceptors (Lipinski definition) is 4. The van der Waals surface area contributed by atoms with Gasteiger partial charge in [0.25, 0.3) is 0 Å². The molecule has 0 radical (unpaired) electrons. The summed E-state index contributed by atoms with van der Waals surface area (Å²) in [5.41, 5.74) is -1.13. The molecule has 0 unspecified atom stereocenters. The molecule has 0 spiro atoms. The first-order chi connectivity index (χ1) is 12.3. The lowest BCUT2D eigenvalue weighted by Gasteiger charge is -2.37. The first-order valence-electron chi connectivity index (χ1n) is 7.77. The van der Waals surface area contributed by atoms with Gasteiger partial charge in [-0.1, -0.05) is 0 Å². The van der Waals surface area contributed by atoms with Crippen LogP contribution in [0.2, 0.25) is 0 Å². The summed E-state index contributed by atoms with van der Waals surface area (Å²) in [4.78, 5) is 17.7. The average molecular weight is 371 g/mol. The molecule has 0 N–H and O–H groups in total. The van der Waals surface area contributed by atoms with Crippen molar-refractivity contribution in [2.24, 2.45) is 0 Å². The van der Waals surface area contributed by atoms with Crippen LogP contribution in [0.5, 0.6) is 0 Å². The van der Waals surface area contributed by atoms with Crippen LogP contribution in [0.25, 0.3) is 0 Å². The van der Waals surface area contributed by atoms with E-state index in [2.05, 4.69) is 4.98 Å². The van der Waals surface area contributed by atoms with Crippen LogP contribution in [-0.4, -0.2) is 37.4 Å². The third-order valence-corrected chi connectivity index (χ3v) is 4.17. The van der Waals surface area contributed by atoms with Gasteiger partial charge in [-0.3, -0.25) is 4.79 Å². The molecule has 1 saturated heterocycles. The molecular formula is C17H14F5N3O. The summed E-state index contributed by atoms with van der Waals surface area (Å²) in [6.45, 7) is 1.20. The standard InChI is InChI=1S/C17H14F5N3O/c18-13-7-11(10-26)8-14(19)16(13)25-5-3-24(4-6-25)15-2-1-12(9-23-15)17(20,21)22/h1-2,7-10H,3-6H2. The zero-order chi connectivity index (χ0) is 18.9. The monoisotopic (exact) mass is 371 g/mol. The Kier molecular flexibility index (Phi) is 4.80. The molecule has 1 aliphatic heterocycles. The Morgan fingerprint density at radius 1 is 0.962 bits per heavy atom. The number of anilines is 2. The van der Waals surface area contributed by atoms with E-state index in [1.165, 1.54) is 11.0 Å². The second-order valence-electron chi connectivity index (χ2n) is 5.83. The van der Waals surface area contributed by atoms with Crippen molar-refractivity contribution >= 4 is 17.8 Å². The third kappa shape index (κ3) is 3.61. The van der Waals surface area contributed by atoms with E-state index in [0.29, 0.717) is 25.2 Å². The lowest BCUT2D eigenvalue weighted by atomic mass is 10.1. The molecule has 2 aromatic rings. The highest BCUT2D eigenvalue weighted by molar-refractivity contribution is 5.76. The Bertz CT molecular complexity index is 776. The highest BCUT2D eigenvalue weighted by Gasteiger charge is 2.31. The maximum absolute atomic E-state index is 14.1. The van der Waals surface area contributed by atoms with E-state index in [-0.39, 0.29) is 24.3 Å². The summed E-state index contributed by atoms with van der Waals surface area (Å²) in [6, 6.07) is 4.16. The molecule has 4 nitrogen and oxygen atoms in total. The summed E-state index contributed by atoms with van der Waals surface area (Å²) in [5.74, 6) is -1.28. The third-order valence-electron chi connectivity index (χ3n) is 4.17. The minimum absolute atomic E-state index is 0.0867. The number of halogens is 5. The number of benzene rings is 1. The molecule has 9 heteroatoms. The summed E-state index contributed by atoms with van der Waals surface area (Å²) in [7, 11) is 0. The highest BCUT2D eigenvalue weighted by Crippen LogP contribution is 2.30. The van der Waals surface area contributed by atoms with Crippen molar-refractivity contribution in [2.45, 2.75) is 6.18 Å². The van der Waals surface area contributed by atoms with Gasteiger partial charge < -0.3 is 9.80 Å². The fraction of sp³-hybridized carbons (Fsp3) is 0.294. The van der Waals surface area contributed by atoms with Crippen molar-refractivity contribution in [2.75, 3.05) is 36.0 Å². The van der Waals surface area contributed by atoms with E-state index in [4.69, 9.17) is 0 Å². The Hall–Kier alpha value is -2.71. The van der Waals surface area contributed by atoms with E-state index in [9.17, 15) is 26.7 Å². The maximum Gasteiger partial charge on any atom is 0.417 e. The number of rotatable bonds is 3. The van der Waals surface area contributed by atoms with E-state index >= 15 is 0 Å². The van der Waals surface area contributed by atoms with E-state index in [1.807, 2.05) is 0 Å². The molecule has 1 aromatic carbocycles. The molecule has 0 atom stereocenters. The molecule has 1 aliphatic rings. The first-order valence-corrected chi connectivity index (χ1v) is 7.77. The number of carbonyl (C=O) groups excluding carboxylic acids is 1. The number of carbonyl (C=O) groups is 1. The molecule has 1 aromatic heterocycles. The quantitative estimate of drug-likeness (QED) is 0.611. The lowest BCUT2D eigenvalue weighted by molar-refractivity contribution is -0.137. The Morgan fingerprint density at radius 3 is 2.00 bits per heavy atom. The molecule has 0 bridgehead atoms. The largest absolute Gasteiger partial charge is 0.417 e. The summed E-state index contributed by atoms with van der Waals surface area (Å²) >= 11 is 0. The molecule has 26 heavy (non-hydrogen) atoms. The van der Waals surface area contributed by atoms with E-state index in [1.54, 1.807) is 4.90 Å². The van der Waals surface area contributed by atoms with Crippen molar-refractivity contribution in [1.29, 1.82) is 0 Å². The van der Waals surface area contributed by atoms with Crippen molar-refractivity contribution in [1.82, 2.24) is 4.98 Å². The number of alkyl halides is 3. The van der Waals surface area contributed by atoms with Crippen molar-refractivity contribution in [3.8, 4) is 0 Å². The SMILES string of the molecule is O=Cc1cc(F)c(N2CCN(c3ccc(C(F)(F)F)cn3)CC2)c(F)c1. The van der Waals surface area contributed by atoms with E-state index < -0.39 is 23.4 Å². The fourth-order valence-electron chi connectivity index (χ4n) is 2.86. The molecular weight excluding hydrogens is 357 g/mol. The number of piperazine rings is 1. The zero-order valence-electron chi connectivity index (χ0n) is 13.4. The molecule has 0 aliphatic carbocycles. The first kappa shape index (κ1) is 18.1. The summed E-state index contributed by atoms with van der Waals surface area (Å²) in [6.07, 6.45) is -3.32. The van der Waals surface area contributed by atoms with Crippen molar-refractivity contribution < 1.29 is 26.7 Å². The van der Waals surface area contributed by atoms with Crippen molar-refractivity contribution in [3.05, 3.63) is 53.2 Å². The van der Waals surface area contributed by atoms with Crippen LogP contribution >= 0.6 is 0 Å². The Morgan fingerprint density at radius 2 is 1.54 bits per heavy atom. The van der Waals surface area contributed by atoms with Gasteiger partial charge in [-0.05, 0) is 24.3 Å². The highest BCUT2D eigenvalue weighted by atomic mass is 19.4. The van der Waals surface area contributed by atoms with Gasteiger partial charge in [0.1, 0.15) is 29.4 Å². The van der Waals surface area contributed by atoms with Crippen LogP contribution in [0.4, 0.5) is 33.5 Å². The van der Waals surface area contributed by atoms with Crippen LogP contribution < -0.4 is 9.80 Å². The second-order valence-corrected chi connectivity index (χ2v) is 5.83. The topological polar surface area (TPSA) is 36.4 Å². The van der Waals surface area contributed by atoms with Gasteiger partial charge in [0, 0.05) is 37.9 Å². The number of hydrogen-bond donors (Lipinski definition) is 0. The van der Waals surface area contributed by atoms with Crippen LogP contribution in [-0.2, 0) is 6.18 Å². The predicted octanol–water partition coefficient (Wildman–Crippen LogP) is 3.52. The van der Waals surface area contributed by atoms with Gasteiger partial charge in [-0.15, -0.1) is 0 Å². The normalized spacial score (nSPS) is 15.3. The molecule has 138 valence electrons. The fourth-order valence-corrected chi connectivity index (χ4v) is 2.86. The van der Waals surface area contributed by atoms with Crippen molar-refractivity contribution in [3.63, 3.8) is 0 Å². The van der Waals surface area contributed by atoms with Gasteiger partial charge in [0.2, 0.25) is 0 Å². The number of nitrogens with zero attached hydrogens (tertiary/aromatic N) is 3. The number of aromatic nitrogens is 1. The van der Waals surface area contributed by atoms with Gasteiger partial charge in [-0.25, -0.2) is 13.8 Å². The van der Waals surface area contributed by atoms with E-state index in [0.717, 1.165) is 24.4 Å². The lowest BCUT2D eigenvalue weighted by Crippen LogP contribution is -2.47. The molecule has 2 heterocycles. The van der Waals surface area contributed by atoms with Crippen LogP contribution in [0.1, 0.15) is 15.9 Å². The zero-order valence-corrected chi connectivity index (χ0v) is 13.4. The second kappa shape index (κ2) is 6.89. The Balaban J connectivity index is 1.71. The Labute approximate surface area is 145 Å². The number of aldehydes is 1. The van der Waals surface area contributed by atoms with Crippen LogP contribution in [0.15, 0.2) is 30.5 Å². The maximum atomic E-state index is 14.1. The van der Waals surface area contributed by atoms with Gasteiger partial charge in [0.05, 0.1) is 5.56 Å². The molecule has 3 rings (SSSR count). The smallest absolute Gasteiger partial charge is 0.363 e. The number of pyridine rings is 1. The minimum atomic E-state index is -4.45. The van der Waals surface area contributed by atoms with Gasteiger partial charge >= 0.3 is 6.18 Å². The van der Waals surface area contributed by atoms with Gasteiger partial charge in [0.15, 0.2) is 0 Å². The summed E-state index contributed by atoms with van der Waals surface area (Å²) in [5, 5.41) is 0. The minimum Gasteiger partial charge on any atom is -0.363 e. The van der Waals surface area contributed by atoms with Gasteiger partial charge in [-0.2, -0.15) is 13.2 Å². The van der Waals surface area contributed by atoms with Crippen LogP contribution in [0.3, 0.4) is 0 Å². The summed E-state index contributed by atoms with van der Waals surface area (Å²) < 4.78 is 65.9. The predicted molar refractivity (Wildman–Crippen MR) is 85.4 cm³/mol. The molecule has 0 saturated carbocycles.